The molecule has 100 valence electrons. The molecular weight excluding hydrogens is 232 g/mol. The molecule has 0 amide bonds. The monoisotopic (exact) mass is 254 g/mol. The Labute approximate surface area is 115 Å². The van der Waals surface area contributed by atoms with Crippen molar-refractivity contribution < 1.29 is 0 Å². The van der Waals surface area contributed by atoms with Crippen molar-refractivity contribution in [3.05, 3.63) is 64.7 Å². The van der Waals surface area contributed by atoms with Crippen molar-refractivity contribution in [1.82, 2.24) is 5.32 Å². The van der Waals surface area contributed by atoms with Crippen LogP contribution in [0, 0.1) is 13.8 Å². The quantitative estimate of drug-likeness (QED) is 0.851. The van der Waals surface area contributed by atoms with Gasteiger partial charge >= 0.3 is 0 Å². The molecule has 0 bridgehead atoms. The molecule has 2 N–H and O–H groups in total. The topological polar surface area (TPSA) is 24.1 Å². The number of nitrogens with one attached hydrogen (secondary N) is 2. The first-order valence-corrected chi connectivity index (χ1v) is 6.72. The van der Waals surface area contributed by atoms with Crippen molar-refractivity contribution in [1.29, 1.82) is 0 Å². The third-order valence-electron chi connectivity index (χ3n) is 3.39. The molecule has 0 fully saturated rings. The third-order valence-corrected chi connectivity index (χ3v) is 3.39. The van der Waals surface area contributed by atoms with E-state index in [4.69, 9.17) is 0 Å². The van der Waals surface area contributed by atoms with Gasteiger partial charge in [-0.3, -0.25) is 0 Å². The number of aryl methyl sites for hydroxylation is 2. The number of hydrogen-bond donors (Lipinski definition) is 2. The molecule has 0 heterocycles. The zero-order chi connectivity index (χ0) is 13.7. The molecule has 0 spiro atoms. The van der Waals surface area contributed by atoms with Crippen molar-refractivity contribution >= 4 is 5.69 Å². The molecule has 0 aliphatic carbocycles. The first kappa shape index (κ1) is 13.6. The molecule has 2 aromatic carbocycles. The van der Waals surface area contributed by atoms with E-state index in [2.05, 4.69) is 66.9 Å². The fraction of sp³-hybridized carbons (Fsp3) is 0.294. The van der Waals surface area contributed by atoms with Gasteiger partial charge in [-0.1, -0.05) is 35.9 Å². The Kier molecular flexibility index (Phi) is 4.58. The lowest BCUT2D eigenvalue weighted by Crippen LogP contribution is -2.13. The molecule has 0 saturated heterocycles. The van der Waals surface area contributed by atoms with Gasteiger partial charge in [0.05, 0.1) is 0 Å². The molecule has 2 nitrogen and oxygen atoms in total. The first-order valence-electron chi connectivity index (χ1n) is 6.72. The largest absolute Gasteiger partial charge is 0.388 e. The van der Waals surface area contributed by atoms with Gasteiger partial charge in [0.25, 0.3) is 0 Å². The molecule has 0 atom stereocenters. The maximum Gasteiger partial charge on any atom is 0.0337 e. The lowest BCUT2D eigenvalue weighted by molar-refractivity contribution is 0.690. The molecule has 0 saturated carbocycles. The molecule has 19 heavy (non-hydrogen) atoms. The minimum absolute atomic E-state index is 0.900. The van der Waals surface area contributed by atoms with E-state index in [1.807, 2.05) is 7.05 Å². The van der Waals surface area contributed by atoms with E-state index in [0.717, 1.165) is 18.8 Å². The predicted octanol–water partition coefficient (Wildman–Crippen LogP) is 3.63. The van der Waals surface area contributed by atoms with Gasteiger partial charge in [-0.2, -0.15) is 0 Å². The summed E-state index contributed by atoms with van der Waals surface area (Å²) in [6.07, 6.45) is 0. The second-order valence-electron chi connectivity index (χ2n) is 4.98. The zero-order valence-electron chi connectivity index (χ0n) is 12.0. The highest BCUT2D eigenvalue weighted by Crippen LogP contribution is 2.11. The number of hydrogen-bond acceptors (Lipinski definition) is 2. The molecule has 0 aromatic heterocycles. The lowest BCUT2D eigenvalue weighted by Gasteiger charge is -2.09. The Morgan fingerprint density at radius 2 is 1.63 bits per heavy atom. The Hall–Kier alpha value is -1.80. The fourth-order valence-corrected chi connectivity index (χ4v) is 2.12. The predicted molar refractivity (Wildman–Crippen MR) is 82.4 cm³/mol. The van der Waals surface area contributed by atoms with Crippen LogP contribution in [0.5, 0.6) is 0 Å². The molecule has 0 radical (unpaired) electrons. The summed E-state index contributed by atoms with van der Waals surface area (Å²) in [6.45, 7) is 6.12. The van der Waals surface area contributed by atoms with E-state index in [1.54, 1.807) is 0 Å². The summed E-state index contributed by atoms with van der Waals surface area (Å²) in [4.78, 5) is 0. The van der Waals surface area contributed by atoms with Gasteiger partial charge < -0.3 is 10.6 Å². The molecule has 0 aliphatic rings. The average molecular weight is 254 g/mol. The van der Waals surface area contributed by atoms with Crippen molar-refractivity contribution in [2.24, 2.45) is 0 Å². The molecule has 2 rings (SSSR count). The maximum atomic E-state index is 3.50. The van der Waals surface area contributed by atoms with Gasteiger partial charge in [-0.25, -0.2) is 0 Å². The van der Waals surface area contributed by atoms with Crippen LogP contribution < -0.4 is 10.6 Å². The van der Waals surface area contributed by atoms with E-state index in [9.17, 15) is 0 Å². The lowest BCUT2D eigenvalue weighted by atomic mass is 10.1. The molecule has 0 unspecified atom stereocenters. The Morgan fingerprint density at radius 3 is 2.32 bits per heavy atom. The smallest absolute Gasteiger partial charge is 0.0337 e. The summed E-state index contributed by atoms with van der Waals surface area (Å²) in [7, 11) is 1.94. The van der Waals surface area contributed by atoms with Crippen LogP contribution in [0.3, 0.4) is 0 Å². The van der Waals surface area contributed by atoms with Crippen LogP contribution in [-0.2, 0) is 13.1 Å². The standard InChI is InChI=1S/C17H22N2/c1-13-4-5-14(2)16(10-13)12-19-11-15-6-8-17(18-3)9-7-15/h4-10,18-19H,11-12H2,1-3H3. The van der Waals surface area contributed by atoms with E-state index in [1.165, 1.54) is 22.3 Å². The molecule has 2 aromatic rings. The van der Waals surface area contributed by atoms with Crippen LogP contribution in [0.1, 0.15) is 22.3 Å². The average Bonchev–Trinajstić information content (AvgIpc) is 2.43. The Balaban J connectivity index is 1.90. The van der Waals surface area contributed by atoms with Gasteiger partial charge in [-0.05, 0) is 42.7 Å². The number of benzene rings is 2. The third kappa shape index (κ3) is 3.83. The molecule has 2 heteroatoms. The summed E-state index contributed by atoms with van der Waals surface area (Å²) in [5.41, 5.74) is 6.51. The van der Waals surface area contributed by atoms with Crippen molar-refractivity contribution in [3.8, 4) is 0 Å². The zero-order valence-corrected chi connectivity index (χ0v) is 12.0. The van der Waals surface area contributed by atoms with Crippen LogP contribution in [0.2, 0.25) is 0 Å². The maximum absolute atomic E-state index is 3.50. The van der Waals surface area contributed by atoms with Crippen LogP contribution in [0.4, 0.5) is 5.69 Å². The van der Waals surface area contributed by atoms with Gasteiger partial charge in [0.15, 0.2) is 0 Å². The van der Waals surface area contributed by atoms with E-state index >= 15 is 0 Å². The normalized spacial score (nSPS) is 10.5. The van der Waals surface area contributed by atoms with E-state index in [-0.39, 0.29) is 0 Å². The second-order valence-corrected chi connectivity index (χ2v) is 4.98. The van der Waals surface area contributed by atoms with E-state index in [0.29, 0.717) is 0 Å². The molecular formula is C17H22N2. The highest BCUT2D eigenvalue weighted by molar-refractivity contribution is 5.43. The van der Waals surface area contributed by atoms with Crippen LogP contribution in [0.25, 0.3) is 0 Å². The molecule has 0 aliphatic heterocycles. The summed E-state index contributed by atoms with van der Waals surface area (Å²) >= 11 is 0. The summed E-state index contributed by atoms with van der Waals surface area (Å²) in [6, 6.07) is 15.1. The minimum atomic E-state index is 0.900. The van der Waals surface area contributed by atoms with Crippen molar-refractivity contribution in [2.45, 2.75) is 26.9 Å². The number of rotatable bonds is 5. The van der Waals surface area contributed by atoms with E-state index < -0.39 is 0 Å². The van der Waals surface area contributed by atoms with Crippen LogP contribution in [-0.4, -0.2) is 7.05 Å². The Bertz CT molecular complexity index is 529. The SMILES string of the molecule is CNc1ccc(CNCc2cc(C)ccc2C)cc1. The van der Waals surface area contributed by atoms with Gasteiger partial charge in [0.2, 0.25) is 0 Å². The first-order chi connectivity index (χ1) is 9.19. The van der Waals surface area contributed by atoms with Crippen molar-refractivity contribution in [2.75, 3.05) is 12.4 Å². The van der Waals surface area contributed by atoms with Crippen molar-refractivity contribution in [3.63, 3.8) is 0 Å². The van der Waals surface area contributed by atoms with Gasteiger partial charge in [-0.15, -0.1) is 0 Å². The summed E-state index contributed by atoms with van der Waals surface area (Å²) in [5, 5.41) is 6.63. The van der Waals surface area contributed by atoms with Crippen LogP contribution in [0.15, 0.2) is 42.5 Å². The van der Waals surface area contributed by atoms with Crippen LogP contribution >= 0.6 is 0 Å². The number of anilines is 1. The Morgan fingerprint density at radius 1 is 0.895 bits per heavy atom. The summed E-state index contributed by atoms with van der Waals surface area (Å²) < 4.78 is 0. The van der Waals surface area contributed by atoms with Gasteiger partial charge in [0.1, 0.15) is 0 Å². The fourth-order valence-electron chi connectivity index (χ4n) is 2.12. The highest BCUT2D eigenvalue weighted by Gasteiger charge is 1.99. The second kappa shape index (κ2) is 6.39. The summed E-state index contributed by atoms with van der Waals surface area (Å²) in [5.74, 6) is 0. The minimum Gasteiger partial charge on any atom is -0.388 e. The highest BCUT2D eigenvalue weighted by atomic mass is 14.8. The van der Waals surface area contributed by atoms with Gasteiger partial charge in [0, 0.05) is 25.8 Å².